The lowest BCUT2D eigenvalue weighted by Crippen LogP contribution is -1.65. The van der Waals surface area contributed by atoms with Crippen LogP contribution >= 0.6 is 35.0 Å². The molecule has 0 heterocycles. The summed E-state index contributed by atoms with van der Waals surface area (Å²) in [6.07, 6.45) is 0. The lowest BCUT2D eigenvalue weighted by molar-refractivity contribution is 1.68. The van der Waals surface area contributed by atoms with Crippen LogP contribution in [0.4, 0.5) is 0 Å². The minimum atomic E-state index is 0.601. The van der Waals surface area contributed by atoms with Crippen molar-refractivity contribution >= 4 is 35.0 Å². The zero-order chi connectivity index (χ0) is 7.44. The van der Waals surface area contributed by atoms with Crippen LogP contribution in [0, 0.1) is 0 Å². The average molecular weight is 183 g/mol. The summed E-state index contributed by atoms with van der Waals surface area (Å²) in [5.74, 6) is 0. The molecule has 3 heteroatoms. The van der Waals surface area contributed by atoms with Crippen molar-refractivity contribution in [2.45, 2.75) is 13.8 Å². The van der Waals surface area contributed by atoms with Gasteiger partial charge >= 0.3 is 0 Å². The van der Waals surface area contributed by atoms with E-state index in [0.717, 1.165) is 4.91 Å². The van der Waals surface area contributed by atoms with Gasteiger partial charge in [0.25, 0.3) is 0 Å². The second-order valence-electron chi connectivity index (χ2n) is 1.61. The summed E-state index contributed by atoms with van der Waals surface area (Å²) >= 11 is 12.6. The first kappa shape index (κ1) is 9.41. The first-order chi connectivity index (χ1) is 4.04. The van der Waals surface area contributed by atoms with Crippen LogP contribution in [0.15, 0.2) is 20.9 Å². The predicted octanol–water partition coefficient (Wildman–Crippen LogP) is 3.92. The van der Waals surface area contributed by atoms with Gasteiger partial charge < -0.3 is 0 Å². The lowest BCUT2D eigenvalue weighted by Gasteiger charge is -1.96. The molecule has 0 saturated heterocycles. The molecule has 0 spiro atoms. The van der Waals surface area contributed by atoms with Crippen LogP contribution in [0.25, 0.3) is 0 Å². The summed E-state index contributed by atoms with van der Waals surface area (Å²) in [4.78, 5) is 0.944. The Bertz CT molecular complexity index is 145. The minimum absolute atomic E-state index is 0.601. The summed E-state index contributed by atoms with van der Waals surface area (Å²) in [5, 5.41) is 0.615. The summed E-state index contributed by atoms with van der Waals surface area (Å²) < 4.78 is 0.601. The maximum atomic E-state index is 5.66. The van der Waals surface area contributed by atoms with E-state index >= 15 is 0 Å². The van der Waals surface area contributed by atoms with E-state index in [2.05, 4.69) is 6.58 Å². The molecule has 0 rings (SSSR count). The van der Waals surface area contributed by atoms with Gasteiger partial charge in [-0.05, 0) is 18.8 Å². The van der Waals surface area contributed by atoms with E-state index in [1.807, 2.05) is 6.92 Å². The number of rotatable bonds is 2. The number of thioether (sulfide) groups is 1. The molecular formula is C6H8Cl2S. The monoisotopic (exact) mass is 182 g/mol. The van der Waals surface area contributed by atoms with Crippen LogP contribution in [0.5, 0.6) is 0 Å². The second kappa shape index (κ2) is 4.26. The van der Waals surface area contributed by atoms with Crippen molar-refractivity contribution in [2.24, 2.45) is 0 Å². The van der Waals surface area contributed by atoms with Crippen molar-refractivity contribution in [1.29, 1.82) is 0 Å². The number of allylic oxidation sites excluding steroid dienone is 2. The van der Waals surface area contributed by atoms with Crippen LogP contribution in [-0.2, 0) is 0 Å². The molecule has 0 saturated carbocycles. The Morgan fingerprint density at radius 1 is 1.33 bits per heavy atom. The van der Waals surface area contributed by atoms with Crippen LogP contribution in [0.1, 0.15) is 13.8 Å². The van der Waals surface area contributed by atoms with Crippen LogP contribution in [-0.4, -0.2) is 0 Å². The van der Waals surface area contributed by atoms with Gasteiger partial charge in [-0.3, -0.25) is 0 Å². The maximum Gasteiger partial charge on any atom is 0.0921 e. The molecule has 0 aromatic heterocycles. The van der Waals surface area contributed by atoms with Gasteiger partial charge in [0.1, 0.15) is 0 Å². The van der Waals surface area contributed by atoms with Gasteiger partial charge in [-0.2, -0.15) is 0 Å². The van der Waals surface area contributed by atoms with Crippen molar-refractivity contribution < 1.29 is 0 Å². The molecule has 0 radical (unpaired) electrons. The molecule has 0 aliphatic rings. The highest BCUT2D eigenvalue weighted by molar-refractivity contribution is 8.08. The topological polar surface area (TPSA) is 0 Å². The van der Waals surface area contributed by atoms with Gasteiger partial charge in [0.05, 0.1) is 4.36 Å². The van der Waals surface area contributed by atoms with Gasteiger partial charge in [-0.25, -0.2) is 0 Å². The molecule has 0 aromatic rings. The summed E-state index contributed by atoms with van der Waals surface area (Å²) in [6.45, 7) is 7.29. The van der Waals surface area contributed by atoms with Gasteiger partial charge in [0.15, 0.2) is 0 Å². The molecule has 0 nitrogen and oxygen atoms in total. The smallest absolute Gasteiger partial charge is 0.0894 e. The fourth-order valence-corrected chi connectivity index (χ4v) is 1.18. The van der Waals surface area contributed by atoms with Crippen molar-refractivity contribution in [2.75, 3.05) is 0 Å². The van der Waals surface area contributed by atoms with E-state index in [1.54, 1.807) is 6.92 Å². The Hall–Kier alpha value is 0.410. The molecule has 0 aliphatic heterocycles. The molecule has 0 N–H and O–H groups in total. The van der Waals surface area contributed by atoms with E-state index in [4.69, 9.17) is 23.2 Å². The Morgan fingerprint density at radius 2 is 1.78 bits per heavy atom. The normalized spacial score (nSPS) is 12.9. The summed E-state index contributed by atoms with van der Waals surface area (Å²) in [6, 6.07) is 0. The van der Waals surface area contributed by atoms with Gasteiger partial charge in [0, 0.05) is 5.03 Å². The minimum Gasteiger partial charge on any atom is -0.0894 e. The number of halogens is 2. The zero-order valence-electron chi connectivity index (χ0n) is 5.37. The van der Waals surface area contributed by atoms with Crippen molar-refractivity contribution in [1.82, 2.24) is 0 Å². The molecule has 0 aliphatic carbocycles. The molecule has 0 unspecified atom stereocenters. The fourth-order valence-electron chi connectivity index (χ4n) is 0.223. The Labute approximate surface area is 69.9 Å². The van der Waals surface area contributed by atoms with Crippen molar-refractivity contribution in [3.63, 3.8) is 0 Å². The van der Waals surface area contributed by atoms with E-state index in [1.165, 1.54) is 11.8 Å². The number of hydrogen-bond acceptors (Lipinski definition) is 1. The second-order valence-corrected chi connectivity index (χ2v) is 4.09. The summed E-state index contributed by atoms with van der Waals surface area (Å²) in [7, 11) is 0. The van der Waals surface area contributed by atoms with Gasteiger partial charge in [-0.15, -0.1) is 0 Å². The Morgan fingerprint density at radius 3 is 1.89 bits per heavy atom. The van der Waals surface area contributed by atoms with E-state index in [9.17, 15) is 0 Å². The molecule has 9 heavy (non-hydrogen) atoms. The molecule has 0 bridgehead atoms. The van der Waals surface area contributed by atoms with Crippen molar-refractivity contribution in [3.8, 4) is 0 Å². The highest BCUT2D eigenvalue weighted by atomic mass is 35.5. The number of hydrogen-bond donors (Lipinski definition) is 0. The van der Waals surface area contributed by atoms with Crippen LogP contribution in [0.3, 0.4) is 0 Å². The van der Waals surface area contributed by atoms with Crippen LogP contribution < -0.4 is 0 Å². The molecule has 52 valence electrons. The highest BCUT2D eigenvalue weighted by Crippen LogP contribution is 2.30. The standard InChI is InChI=1S/C6H8Cl2S/c1-4(2)9-6(8)5(3)7/h1H2,2-3H3/b6-5+. The Kier molecular flexibility index (Phi) is 4.46. The van der Waals surface area contributed by atoms with Gasteiger partial charge in [-0.1, -0.05) is 41.5 Å². The third kappa shape index (κ3) is 4.89. The summed E-state index contributed by atoms with van der Waals surface area (Å²) in [5.41, 5.74) is 0. The third-order valence-corrected chi connectivity index (χ3v) is 2.28. The van der Waals surface area contributed by atoms with Crippen molar-refractivity contribution in [3.05, 3.63) is 20.9 Å². The molecular weight excluding hydrogens is 175 g/mol. The average Bonchev–Trinajstić information content (AvgIpc) is 1.63. The molecule has 0 amide bonds. The first-order valence-electron chi connectivity index (χ1n) is 2.39. The van der Waals surface area contributed by atoms with E-state index < -0.39 is 0 Å². The lowest BCUT2D eigenvalue weighted by atomic mass is 10.7. The first-order valence-corrected chi connectivity index (χ1v) is 3.96. The van der Waals surface area contributed by atoms with E-state index in [0.29, 0.717) is 9.40 Å². The third-order valence-electron chi connectivity index (χ3n) is 0.535. The van der Waals surface area contributed by atoms with Gasteiger partial charge in [0.2, 0.25) is 0 Å². The molecule has 0 fully saturated rings. The highest BCUT2D eigenvalue weighted by Gasteiger charge is 1.96. The predicted molar refractivity (Wildman–Crippen MR) is 46.8 cm³/mol. The van der Waals surface area contributed by atoms with E-state index in [-0.39, 0.29) is 0 Å². The fraction of sp³-hybridized carbons (Fsp3) is 0.333. The quantitative estimate of drug-likeness (QED) is 0.625. The van der Waals surface area contributed by atoms with Crippen LogP contribution in [0.2, 0.25) is 0 Å². The maximum absolute atomic E-state index is 5.66. The Balaban J connectivity index is 3.92. The molecule has 0 aromatic carbocycles. The molecule has 0 atom stereocenters. The SMILES string of the molecule is C=C(C)S/C(Cl)=C(\C)Cl. The zero-order valence-corrected chi connectivity index (χ0v) is 7.70. The largest absolute Gasteiger partial charge is 0.0921 e.